The molecule has 2 aromatic heterocycles. The van der Waals surface area contributed by atoms with Gasteiger partial charge in [0, 0.05) is 11.6 Å². The predicted octanol–water partition coefficient (Wildman–Crippen LogP) is 4.11. The van der Waals surface area contributed by atoms with Gasteiger partial charge >= 0.3 is 0 Å². The van der Waals surface area contributed by atoms with Gasteiger partial charge in [-0.15, -0.1) is 0 Å². The molecule has 4 rings (SSSR count). The number of amides is 1. The normalized spacial score (nSPS) is 10.9. The number of nitrogens with zero attached hydrogens (tertiary/aromatic N) is 3. The minimum absolute atomic E-state index is 0.281. The van der Waals surface area contributed by atoms with Gasteiger partial charge in [-0.2, -0.15) is 9.78 Å². The molecule has 0 unspecified atom stereocenters. The molecule has 0 aliphatic carbocycles. The maximum absolute atomic E-state index is 12.9. The minimum atomic E-state index is -0.281. The topological polar surface area (TPSA) is 94.1 Å². The second-order valence-corrected chi connectivity index (χ2v) is 6.64. The lowest BCUT2D eigenvalue weighted by Crippen LogP contribution is -2.16. The Morgan fingerprint density at radius 2 is 1.83 bits per heavy atom. The Hall–Kier alpha value is -3.81. The Bertz CT molecular complexity index is 1160. The summed E-state index contributed by atoms with van der Waals surface area (Å²) in [5.74, 6) is 1.91. The number of imidazole rings is 1. The van der Waals surface area contributed by atoms with Crippen molar-refractivity contribution in [3.8, 4) is 17.4 Å². The van der Waals surface area contributed by atoms with Crippen LogP contribution in [0.25, 0.3) is 17.0 Å². The number of hydrogen-bond donors (Lipinski definition) is 2. The van der Waals surface area contributed by atoms with Crippen LogP contribution in [0.1, 0.15) is 29.9 Å². The SMILES string of the molecule is CCOc1ccc(C(=O)Nc2cc(C)nn2-c2nc3ccccc3[nH]2)cc1OCC. The molecular weight excluding hydrogens is 382 g/mol. The van der Waals surface area contributed by atoms with Crippen LogP contribution >= 0.6 is 0 Å². The van der Waals surface area contributed by atoms with Gasteiger partial charge < -0.3 is 19.8 Å². The summed E-state index contributed by atoms with van der Waals surface area (Å²) < 4.78 is 12.8. The monoisotopic (exact) mass is 405 g/mol. The molecule has 0 radical (unpaired) electrons. The van der Waals surface area contributed by atoms with Gasteiger partial charge in [-0.1, -0.05) is 12.1 Å². The van der Waals surface area contributed by atoms with Crippen molar-refractivity contribution >= 4 is 22.8 Å². The number of carbonyl (C=O) groups is 1. The molecule has 30 heavy (non-hydrogen) atoms. The highest BCUT2D eigenvalue weighted by molar-refractivity contribution is 6.04. The van der Waals surface area contributed by atoms with E-state index in [9.17, 15) is 4.79 Å². The lowest BCUT2D eigenvalue weighted by molar-refractivity contribution is 0.102. The first-order valence-corrected chi connectivity index (χ1v) is 9.81. The van der Waals surface area contributed by atoms with Gasteiger partial charge in [0.05, 0.1) is 29.9 Å². The van der Waals surface area contributed by atoms with Gasteiger partial charge in [0.25, 0.3) is 5.91 Å². The van der Waals surface area contributed by atoms with E-state index in [-0.39, 0.29) is 5.91 Å². The zero-order valence-electron chi connectivity index (χ0n) is 17.1. The Labute approximate surface area is 173 Å². The number of carbonyl (C=O) groups excluding carboxylic acids is 1. The van der Waals surface area contributed by atoms with E-state index in [1.807, 2.05) is 45.0 Å². The first kappa shape index (κ1) is 19.5. The van der Waals surface area contributed by atoms with Crippen molar-refractivity contribution < 1.29 is 14.3 Å². The summed E-state index contributed by atoms with van der Waals surface area (Å²) in [6.45, 7) is 6.64. The lowest BCUT2D eigenvalue weighted by atomic mass is 10.2. The number of ether oxygens (including phenoxy) is 2. The third kappa shape index (κ3) is 3.84. The first-order valence-electron chi connectivity index (χ1n) is 9.81. The molecule has 1 amide bonds. The minimum Gasteiger partial charge on any atom is -0.490 e. The Kier molecular flexibility index (Phi) is 5.38. The molecule has 0 saturated carbocycles. The number of para-hydroxylation sites is 2. The number of fused-ring (bicyclic) bond motifs is 1. The van der Waals surface area contributed by atoms with Crippen LogP contribution in [0.4, 0.5) is 5.82 Å². The number of hydrogen-bond acceptors (Lipinski definition) is 5. The fourth-order valence-electron chi connectivity index (χ4n) is 3.17. The summed E-state index contributed by atoms with van der Waals surface area (Å²) in [7, 11) is 0. The zero-order valence-corrected chi connectivity index (χ0v) is 17.1. The van der Waals surface area contributed by atoms with E-state index in [1.165, 1.54) is 0 Å². The van der Waals surface area contributed by atoms with Crippen molar-refractivity contribution in [3.63, 3.8) is 0 Å². The highest BCUT2D eigenvalue weighted by Gasteiger charge is 2.17. The second-order valence-electron chi connectivity index (χ2n) is 6.64. The van der Waals surface area contributed by atoms with Gasteiger partial charge in [-0.25, -0.2) is 4.98 Å². The van der Waals surface area contributed by atoms with E-state index >= 15 is 0 Å². The van der Waals surface area contributed by atoms with Crippen molar-refractivity contribution in [2.24, 2.45) is 0 Å². The maximum Gasteiger partial charge on any atom is 0.256 e. The van der Waals surface area contributed by atoms with E-state index in [4.69, 9.17) is 9.47 Å². The summed E-state index contributed by atoms with van der Waals surface area (Å²) in [6, 6.07) is 14.6. The summed E-state index contributed by atoms with van der Waals surface area (Å²) in [4.78, 5) is 20.7. The van der Waals surface area contributed by atoms with Crippen LogP contribution in [0, 0.1) is 6.92 Å². The molecule has 0 saturated heterocycles. The molecule has 0 bridgehead atoms. The fraction of sp³-hybridized carbons (Fsp3) is 0.227. The number of anilines is 1. The molecule has 0 spiro atoms. The Morgan fingerprint density at radius 1 is 1.07 bits per heavy atom. The summed E-state index contributed by atoms with van der Waals surface area (Å²) in [5.41, 5.74) is 2.93. The smallest absolute Gasteiger partial charge is 0.256 e. The maximum atomic E-state index is 12.9. The third-order valence-electron chi connectivity index (χ3n) is 4.46. The van der Waals surface area contributed by atoms with Gasteiger partial charge in [0.1, 0.15) is 5.82 Å². The van der Waals surface area contributed by atoms with Crippen molar-refractivity contribution in [2.75, 3.05) is 18.5 Å². The molecule has 2 N–H and O–H groups in total. The highest BCUT2D eigenvalue weighted by atomic mass is 16.5. The largest absolute Gasteiger partial charge is 0.490 e. The van der Waals surface area contributed by atoms with Gasteiger partial charge in [-0.3, -0.25) is 4.79 Å². The molecule has 8 heteroatoms. The van der Waals surface area contributed by atoms with Gasteiger partial charge in [0.2, 0.25) is 5.95 Å². The lowest BCUT2D eigenvalue weighted by Gasteiger charge is -2.12. The average Bonchev–Trinajstić information content (AvgIpc) is 3.32. The van der Waals surface area contributed by atoms with E-state index in [1.54, 1.807) is 28.9 Å². The number of H-pyrrole nitrogens is 1. The van der Waals surface area contributed by atoms with Crippen LogP contribution < -0.4 is 14.8 Å². The van der Waals surface area contributed by atoms with Crippen LogP contribution in [0.15, 0.2) is 48.5 Å². The fourth-order valence-corrected chi connectivity index (χ4v) is 3.17. The number of aromatic nitrogens is 4. The van der Waals surface area contributed by atoms with Crippen LogP contribution in [-0.2, 0) is 0 Å². The van der Waals surface area contributed by atoms with Crippen molar-refractivity contribution in [1.29, 1.82) is 0 Å². The number of aryl methyl sites for hydroxylation is 1. The van der Waals surface area contributed by atoms with E-state index in [2.05, 4.69) is 20.4 Å². The average molecular weight is 405 g/mol. The number of rotatable bonds is 7. The number of nitrogens with one attached hydrogen (secondary N) is 2. The van der Waals surface area contributed by atoms with E-state index in [0.29, 0.717) is 42.0 Å². The van der Waals surface area contributed by atoms with Crippen LogP contribution in [0.2, 0.25) is 0 Å². The quantitative estimate of drug-likeness (QED) is 0.483. The van der Waals surface area contributed by atoms with Gasteiger partial charge in [-0.05, 0) is 51.1 Å². The third-order valence-corrected chi connectivity index (χ3v) is 4.46. The molecule has 0 aliphatic heterocycles. The molecule has 8 nitrogen and oxygen atoms in total. The molecule has 154 valence electrons. The van der Waals surface area contributed by atoms with Crippen molar-refractivity contribution in [1.82, 2.24) is 19.7 Å². The standard InChI is InChI=1S/C22H23N5O3/c1-4-29-18-11-10-15(13-19(18)30-5-2)21(28)25-20-12-14(3)26-27(20)22-23-16-8-6-7-9-17(16)24-22/h6-13H,4-5H2,1-3H3,(H,23,24)(H,25,28). The summed E-state index contributed by atoms with van der Waals surface area (Å²) >= 11 is 0. The Morgan fingerprint density at radius 3 is 2.60 bits per heavy atom. The van der Waals surface area contributed by atoms with Gasteiger partial charge in [0.15, 0.2) is 11.5 Å². The predicted molar refractivity (Wildman–Crippen MR) is 115 cm³/mol. The highest BCUT2D eigenvalue weighted by Crippen LogP contribution is 2.29. The molecule has 2 aromatic carbocycles. The van der Waals surface area contributed by atoms with Crippen LogP contribution in [-0.4, -0.2) is 38.9 Å². The summed E-state index contributed by atoms with van der Waals surface area (Å²) in [5, 5.41) is 7.39. The van der Waals surface area contributed by atoms with Crippen LogP contribution in [0.3, 0.4) is 0 Å². The molecule has 2 heterocycles. The molecule has 0 atom stereocenters. The van der Waals surface area contributed by atoms with Crippen molar-refractivity contribution in [3.05, 3.63) is 59.8 Å². The summed E-state index contributed by atoms with van der Waals surface area (Å²) in [6.07, 6.45) is 0. The molecule has 4 aromatic rings. The zero-order chi connectivity index (χ0) is 21.1. The van der Waals surface area contributed by atoms with E-state index in [0.717, 1.165) is 16.7 Å². The molecule has 0 fully saturated rings. The number of benzene rings is 2. The van der Waals surface area contributed by atoms with Crippen molar-refractivity contribution in [2.45, 2.75) is 20.8 Å². The number of aromatic amines is 1. The Balaban J connectivity index is 1.63. The first-order chi connectivity index (χ1) is 14.6. The van der Waals surface area contributed by atoms with E-state index < -0.39 is 0 Å². The van der Waals surface area contributed by atoms with Crippen LogP contribution in [0.5, 0.6) is 11.5 Å². The molecular formula is C22H23N5O3. The second kappa shape index (κ2) is 8.28. The molecule has 0 aliphatic rings.